The van der Waals surface area contributed by atoms with Crippen LogP contribution in [0.25, 0.3) is 0 Å². The number of likely N-dealkylation sites (tertiary alicyclic amines) is 1. The summed E-state index contributed by atoms with van der Waals surface area (Å²) in [5, 5.41) is 12.8. The smallest absolute Gasteiger partial charge is 0.271 e. The number of carbonyl (C=O) groups excluding carboxylic acids is 2. The highest BCUT2D eigenvalue weighted by molar-refractivity contribution is 6.07. The van der Waals surface area contributed by atoms with E-state index in [1.54, 1.807) is 18.2 Å². The molecule has 0 spiro atoms. The third kappa shape index (κ3) is 4.06. The molecular formula is C27H25N3O8. The van der Waals surface area contributed by atoms with Crippen LogP contribution in [-0.4, -0.2) is 49.1 Å². The van der Waals surface area contributed by atoms with E-state index in [1.807, 2.05) is 30.3 Å². The first-order valence-electron chi connectivity index (χ1n) is 11.8. The summed E-state index contributed by atoms with van der Waals surface area (Å²) < 4.78 is 16.6. The van der Waals surface area contributed by atoms with E-state index in [-0.39, 0.29) is 12.2 Å². The molecule has 2 heterocycles. The zero-order valence-corrected chi connectivity index (χ0v) is 20.9. The third-order valence-electron chi connectivity index (χ3n) is 6.74. The molecule has 3 aromatic carbocycles. The van der Waals surface area contributed by atoms with Crippen molar-refractivity contribution in [3.05, 3.63) is 88.0 Å². The predicted molar refractivity (Wildman–Crippen MR) is 135 cm³/mol. The minimum Gasteiger partial charge on any atom is -0.493 e. The molecule has 0 N–H and O–H groups in total. The maximum Gasteiger partial charge on any atom is 0.271 e. The predicted octanol–water partition coefficient (Wildman–Crippen LogP) is 3.67. The van der Waals surface area contributed by atoms with Crippen molar-refractivity contribution < 1.29 is 33.6 Å². The Bertz CT molecular complexity index is 1400. The largest absolute Gasteiger partial charge is 0.493 e. The van der Waals surface area contributed by atoms with Gasteiger partial charge in [-0.25, -0.2) is 5.06 Å². The molecular weight excluding hydrogens is 494 g/mol. The molecule has 0 bridgehead atoms. The van der Waals surface area contributed by atoms with Crippen LogP contribution in [0.5, 0.6) is 17.2 Å². The second kappa shape index (κ2) is 10.0. The fourth-order valence-electron chi connectivity index (χ4n) is 5.03. The quantitative estimate of drug-likeness (QED) is 0.249. The molecule has 2 saturated heterocycles. The molecule has 5 rings (SSSR count). The highest BCUT2D eigenvalue weighted by Crippen LogP contribution is 2.52. The van der Waals surface area contributed by atoms with Gasteiger partial charge in [-0.15, -0.1) is 0 Å². The van der Waals surface area contributed by atoms with Crippen molar-refractivity contribution in [1.82, 2.24) is 4.90 Å². The molecule has 2 aliphatic rings. The summed E-state index contributed by atoms with van der Waals surface area (Å²) in [6.45, 7) is 0.0987. The lowest BCUT2D eigenvalue weighted by atomic mass is 9.89. The molecule has 0 radical (unpaired) electrons. The summed E-state index contributed by atoms with van der Waals surface area (Å²) in [6.07, 6.45) is -1.13. The maximum atomic E-state index is 13.8. The summed E-state index contributed by atoms with van der Waals surface area (Å²) >= 11 is 0. The number of hydrogen-bond acceptors (Lipinski definition) is 9. The SMILES string of the molecule is COc1ccc([C@@H]2[C@H]3C(=O)N(Cc4ccccc4)C(=O)[C@@H]3ON2c2cccc([N+](=O)[O-])c2)c(OC)c1OC. The highest BCUT2D eigenvalue weighted by Gasteiger charge is 2.60. The van der Waals surface area contributed by atoms with Crippen molar-refractivity contribution in [1.29, 1.82) is 0 Å². The van der Waals surface area contributed by atoms with E-state index >= 15 is 0 Å². The van der Waals surface area contributed by atoms with Gasteiger partial charge in [0.1, 0.15) is 12.0 Å². The molecule has 3 aromatic rings. The molecule has 0 unspecified atom stereocenters. The van der Waals surface area contributed by atoms with Gasteiger partial charge in [-0.05, 0) is 23.8 Å². The van der Waals surface area contributed by atoms with Crippen LogP contribution in [0.3, 0.4) is 0 Å². The van der Waals surface area contributed by atoms with Crippen LogP contribution in [0.1, 0.15) is 17.2 Å². The number of nitro benzene ring substituents is 1. The van der Waals surface area contributed by atoms with Gasteiger partial charge in [-0.3, -0.25) is 29.4 Å². The van der Waals surface area contributed by atoms with E-state index in [0.29, 0.717) is 28.5 Å². The summed E-state index contributed by atoms with van der Waals surface area (Å²) in [6, 6.07) is 17.5. The van der Waals surface area contributed by atoms with Crippen molar-refractivity contribution in [2.75, 3.05) is 26.4 Å². The lowest BCUT2D eigenvalue weighted by molar-refractivity contribution is -0.384. The van der Waals surface area contributed by atoms with Gasteiger partial charge in [0.2, 0.25) is 11.7 Å². The van der Waals surface area contributed by atoms with Gasteiger partial charge in [-0.1, -0.05) is 36.4 Å². The van der Waals surface area contributed by atoms with Gasteiger partial charge in [0.05, 0.1) is 38.5 Å². The van der Waals surface area contributed by atoms with Crippen LogP contribution in [0.4, 0.5) is 11.4 Å². The van der Waals surface area contributed by atoms with E-state index in [2.05, 4.69) is 0 Å². The highest BCUT2D eigenvalue weighted by atomic mass is 16.7. The number of benzene rings is 3. The molecule has 0 aliphatic carbocycles. The third-order valence-corrected chi connectivity index (χ3v) is 6.74. The minimum atomic E-state index is -1.13. The maximum absolute atomic E-state index is 13.8. The average molecular weight is 520 g/mol. The van der Waals surface area contributed by atoms with Gasteiger partial charge >= 0.3 is 0 Å². The number of rotatable bonds is 8. The van der Waals surface area contributed by atoms with Crippen LogP contribution in [0, 0.1) is 16.0 Å². The van der Waals surface area contributed by atoms with Crippen molar-refractivity contribution in [2.24, 2.45) is 5.92 Å². The number of non-ortho nitro benzene ring substituents is 1. The monoisotopic (exact) mass is 519 g/mol. The summed E-state index contributed by atoms with van der Waals surface area (Å²) in [7, 11) is 4.40. The number of anilines is 1. The standard InChI is InChI=1S/C27H25N3O8/c1-35-20-13-12-19(23(36-2)24(20)37-3)22-21-25(38-29(22)17-10-7-11-18(14-17)30(33)34)27(32)28(26(21)31)15-16-8-5-4-6-9-16/h4-14,21-22,25H,15H2,1-3H3/t21-,22-,25-/m1/s1. The first-order chi connectivity index (χ1) is 18.4. The number of hydrogen-bond donors (Lipinski definition) is 0. The molecule has 11 nitrogen and oxygen atoms in total. The second-order valence-corrected chi connectivity index (χ2v) is 8.77. The molecule has 38 heavy (non-hydrogen) atoms. The number of hydroxylamine groups is 1. The van der Waals surface area contributed by atoms with Crippen molar-refractivity contribution >= 4 is 23.2 Å². The lowest BCUT2D eigenvalue weighted by Gasteiger charge is -2.30. The molecule has 0 saturated carbocycles. The molecule has 2 aliphatic heterocycles. The van der Waals surface area contributed by atoms with Crippen LogP contribution in [0.15, 0.2) is 66.7 Å². The fraction of sp³-hybridized carbons (Fsp3) is 0.259. The second-order valence-electron chi connectivity index (χ2n) is 8.77. The molecule has 196 valence electrons. The molecule has 11 heteroatoms. The Kier molecular flexibility index (Phi) is 6.60. The summed E-state index contributed by atoms with van der Waals surface area (Å²) in [5.41, 5.74) is 1.44. The summed E-state index contributed by atoms with van der Waals surface area (Å²) in [4.78, 5) is 45.5. The number of ether oxygens (including phenoxy) is 3. The van der Waals surface area contributed by atoms with E-state index in [0.717, 1.165) is 5.56 Å². The lowest BCUT2D eigenvalue weighted by Crippen LogP contribution is -2.37. The number of nitro groups is 1. The Morgan fingerprint density at radius 1 is 0.895 bits per heavy atom. The molecule has 2 fully saturated rings. The average Bonchev–Trinajstić information content (AvgIpc) is 3.44. The van der Waals surface area contributed by atoms with Crippen molar-refractivity contribution in [2.45, 2.75) is 18.7 Å². The van der Waals surface area contributed by atoms with Crippen molar-refractivity contribution in [3.63, 3.8) is 0 Å². The summed E-state index contributed by atoms with van der Waals surface area (Å²) in [5.74, 6) is -0.853. The number of amides is 2. The Labute approximate surface area is 218 Å². The number of fused-ring (bicyclic) bond motifs is 1. The van der Waals surface area contributed by atoms with E-state index in [1.165, 1.54) is 49.5 Å². The zero-order valence-electron chi connectivity index (χ0n) is 20.9. The molecule has 2 amide bonds. The zero-order chi connectivity index (χ0) is 27.0. The Morgan fingerprint density at radius 2 is 1.63 bits per heavy atom. The topological polar surface area (TPSA) is 121 Å². The van der Waals surface area contributed by atoms with Gasteiger partial charge in [-0.2, -0.15) is 0 Å². The molecule has 3 atom stereocenters. The number of methoxy groups -OCH3 is 3. The van der Waals surface area contributed by atoms with Gasteiger partial charge in [0.15, 0.2) is 17.6 Å². The minimum absolute atomic E-state index is 0.0987. The molecule has 0 aromatic heterocycles. The van der Waals surface area contributed by atoms with Crippen LogP contribution < -0.4 is 19.3 Å². The van der Waals surface area contributed by atoms with Crippen LogP contribution in [-0.2, 0) is 21.0 Å². The van der Waals surface area contributed by atoms with Gasteiger partial charge in [0.25, 0.3) is 11.6 Å². The number of imide groups is 1. The fourth-order valence-corrected chi connectivity index (χ4v) is 5.03. The normalized spacial score (nSPS) is 20.4. The Balaban J connectivity index is 1.63. The van der Waals surface area contributed by atoms with E-state index in [9.17, 15) is 19.7 Å². The number of nitrogens with zero attached hydrogens (tertiary/aromatic N) is 3. The van der Waals surface area contributed by atoms with E-state index < -0.39 is 34.8 Å². The van der Waals surface area contributed by atoms with E-state index in [4.69, 9.17) is 19.0 Å². The van der Waals surface area contributed by atoms with Gasteiger partial charge < -0.3 is 14.2 Å². The van der Waals surface area contributed by atoms with Crippen LogP contribution in [0.2, 0.25) is 0 Å². The van der Waals surface area contributed by atoms with Gasteiger partial charge in [0, 0.05) is 17.7 Å². The van der Waals surface area contributed by atoms with Crippen molar-refractivity contribution in [3.8, 4) is 17.2 Å². The Morgan fingerprint density at radius 3 is 2.29 bits per heavy atom. The number of carbonyl (C=O) groups is 2. The first kappa shape index (κ1) is 25.0. The Hall–Kier alpha value is -4.64. The first-order valence-corrected chi connectivity index (χ1v) is 11.8. The van der Waals surface area contributed by atoms with Crippen LogP contribution >= 0.6 is 0 Å².